The molecule has 0 saturated carbocycles. The first-order valence-corrected chi connectivity index (χ1v) is 8.46. The van der Waals surface area contributed by atoms with Gasteiger partial charge in [-0.05, 0) is 29.8 Å². The standard InChI is InChI=1S/C18H19N5O3/c24-17(15-12-26-9-7-19-15)20-14-5-3-4-13(10-14)11-23-18(25)22-8-2-1-6-16(22)21-23/h1-6,8,10,15,19H,7,9,11-12H2,(H,20,24). The van der Waals surface area contributed by atoms with Crippen molar-refractivity contribution in [2.45, 2.75) is 12.6 Å². The number of aromatic nitrogens is 3. The minimum absolute atomic E-state index is 0.133. The zero-order valence-corrected chi connectivity index (χ0v) is 14.1. The number of carbonyl (C=O) groups excluding carboxylic acids is 1. The Bertz CT molecular complexity index is 988. The molecule has 1 aliphatic heterocycles. The number of rotatable bonds is 4. The summed E-state index contributed by atoms with van der Waals surface area (Å²) in [5, 5.41) is 10.3. The minimum Gasteiger partial charge on any atom is -0.378 e. The summed E-state index contributed by atoms with van der Waals surface area (Å²) in [7, 11) is 0. The second-order valence-electron chi connectivity index (χ2n) is 6.14. The summed E-state index contributed by atoms with van der Waals surface area (Å²) in [6, 6.07) is 12.5. The molecule has 0 bridgehead atoms. The van der Waals surface area contributed by atoms with Crippen molar-refractivity contribution in [3.8, 4) is 0 Å². The third-order valence-electron chi connectivity index (χ3n) is 4.25. The number of fused-ring (bicyclic) bond motifs is 1. The van der Waals surface area contributed by atoms with E-state index < -0.39 is 0 Å². The van der Waals surface area contributed by atoms with Crippen LogP contribution < -0.4 is 16.3 Å². The van der Waals surface area contributed by atoms with Gasteiger partial charge in [-0.3, -0.25) is 9.20 Å². The van der Waals surface area contributed by atoms with Gasteiger partial charge in [-0.15, -0.1) is 5.10 Å². The third-order valence-corrected chi connectivity index (χ3v) is 4.25. The fraction of sp³-hybridized carbons (Fsp3) is 0.278. The Morgan fingerprint density at radius 3 is 3.04 bits per heavy atom. The SMILES string of the molecule is O=C(Nc1cccc(Cn2nc3ccccn3c2=O)c1)C1COCCN1. The first-order valence-electron chi connectivity index (χ1n) is 8.46. The van der Waals surface area contributed by atoms with E-state index in [0.717, 1.165) is 5.56 Å². The van der Waals surface area contributed by atoms with E-state index in [1.807, 2.05) is 30.3 Å². The number of benzene rings is 1. The number of hydrogen-bond acceptors (Lipinski definition) is 5. The third kappa shape index (κ3) is 3.37. The molecule has 2 N–H and O–H groups in total. The minimum atomic E-state index is -0.353. The molecule has 0 spiro atoms. The first kappa shape index (κ1) is 16.5. The number of morpholine rings is 1. The van der Waals surface area contributed by atoms with Gasteiger partial charge in [-0.1, -0.05) is 18.2 Å². The molecule has 1 atom stereocenters. The van der Waals surface area contributed by atoms with E-state index in [1.54, 1.807) is 18.3 Å². The van der Waals surface area contributed by atoms with E-state index in [1.165, 1.54) is 9.08 Å². The lowest BCUT2D eigenvalue weighted by Crippen LogP contribution is -2.48. The van der Waals surface area contributed by atoms with Crippen LogP contribution in [-0.4, -0.2) is 45.9 Å². The summed E-state index contributed by atoms with van der Waals surface area (Å²) in [5.74, 6) is -0.133. The van der Waals surface area contributed by atoms with Gasteiger partial charge in [0.2, 0.25) is 5.91 Å². The molecule has 1 unspecified atom stereocenters. The van der Waals surface area contributed by atoms with Crippen LogP contribution in [0.3, 0.4) is 0 Å². The number of hydrogen-bond donors (Lipinski definition) is 2. The van der Waals surface area contributed by atoms with Crippen LogP contribution in [-0.2, 0) is 16.1 Å². The zero-order chi connectivity index (χ0) is 17.9. The van der Waals surface area contributed by atoms with E-state index in [-0.39, 0.29) is 17.6 Å². The summed E-state index contributed by atoms with van der Waals surface area (Å²) >= 11 is 0. The van der Waals surface area contributed by atoms with Gasteiger partial charge in [0.25, 0.3) is 0 Å². The summed E-state index contributed by atoms with van der Waals surface area (Å²) in [4.78, 5) is 24.7. The summed E-state index contributed by atoms with van der Waals surface area (Å²) in [6.45, 7) is 1.97. The smallest absolute Gasteiger partial charge is 0.350 e. The summed E-state index contributed by atoms with van der Waals surface area (Å²) in [5.41, 5.74) is 1.96. The number of amides is 1. The molecule has 4 rings (SSSR count). The van der Waals surface area contributed by atoms with Crippen molar-refractivity contribution in [3.63, 3.8) is 0 Å². The molecular weight excluding hydrogens is 334 g/mol. The van der Waals surface area contributed by atoms with Crippen LogP contribution in [0.2, 0.25) is 0 Å². The lowest BCUT2D eigenvalue weighted by molar-refractivity contribution is -0.120. The highest BCUT2D eigenvalue weighted by molar-refractivity contribution is 5.95. The molecule has 0 radical (unpaired) electrons. The molecule has 3 heterocycles. The predicted molar refractivity (Wildman–Crippen MR) is 96.2 cm³/mol. The fourth-order valence-corrected chi connectivity index (χ4v) is 2.95. The van der Waals surface area contributed by atoms with Crippen molar-refractivity contribution < 1.29 is 9.53 Å². The molecule has 1 saturated heterocycles. The maximum absolute atomic E-state index is 12.4. The average Bonchev–Trinajstić information content (AvgIpc) is 2.99. The number of pyridine rings is 1. The molecule has 8 nitrogen and oxygen atoms in total. The maximum atomic E-state index is 12.4. The van der Waals surface area contributed by atoms with Crippen molar-refractivity contribution in [3.05, 3.63) is 64.7 Å². The highest BCUT2D eigenvalue weighted by Gasteiger charge is 2.21. The average molecular weight is 353 g/mol. The van der Waals surface area contributed by atoms with E-state index in [0.29, 0.717) is 37.6 Å². The second-order valence-corrected chi connectivity index (χ2v) is 6.14. The molecule has 1 aromatic carbocycles. The highest BCUT2D eigenvalue weighted by Crippen LogP contribution is 2.12. The van der Waals surface area contributed by atoms with E-state index >= 15 is 0 Å². The lowest BCUT2D eigenvalue weighted by atomic mass is 10.2. The van der Waals surface area contributed by atoms with Gasteiger partial charge in [0.15, 0.2) is 5.65 Å². The van der Waals surface area contributed by atoms with Crippen LogP contribution in [0.15, 0.2) is 53.5 Å². The van der Waals surface area contributed by atoms with Crippen molar-refractivity contribution in [1.29, 1.82) is 0 Å². The van der Waals surface area contributed by atoms with Crippen molar-refractivity contribution in [2.24, 2.45) is 0 Å². The van der Waals surface area contributed by atoms with E-state index in [4.69, 9.17) is 4.74 Å². The molecule has 1 amide bonds. The van der Waals surface area contributed by atoms with Crippen molar-refractivity contribution in [1.82, 2.24) is 19.5 Å². The van der Waals surface area contributed by atoms with Gasteiger partial charge in [-0.2, -0.15) is 0 Å². The van der Waals surface area contributed by atoms with E-state index in [9.17, 15) is 9.59 Å². The molecule has 0 aliphatic carbocycles. The summed E-state index contributed by atoms with van der Waals surface area (Å²) < 4.78 is 8.22. The Balaban J connectivity index is 1.51. The van der Waals surface area contributed by atoms with Gasteiger partial charge in [-0.25, -0.2) is 9.48 Å². The first-order chi connectivity index (χ1) is 12.7. The molecule has 1 aliphatic rings. The molecule has 134 valence electrons. The van der Waals surface area contributed by atoms with Gasteiger partial charge < -0.3 is 15.4 Å². The van der Waals surface area contributed by atoms with Gasteiger partial charge in [0.1, 0.15) is 6.04 Å². The molecule has 26 heavy (non-hydrogen) atoms. The van der Waals surface area contributed by atoms with E-state index in [2.05, 4.69) is 15.7 Å². The van der Waals surface area contributed by atoms with Gasteiger partial charge >= 0.3 is 5.69 Å². The lowest BCUT2D eigenvalue weighted by Gasteiger charge is -2.23. The topological polar surface area (TPSA) is 89.7 Å². The number of nitrogens with zero attached hydrogens (tertiary/aromatic N) is 3. The Hall–Kier alpha value is -2.97. The Morgan fingerprint density at radius 2 is 2.23 bits per heavy atom. The van der Waals surface area contributed by atoms with Gasteiger partial charge in [0, 0.05) is 18.4 Å². The second kappa shape index (κ2) is 7.11. The number of ether oxygens (including phenoxy) is 1. The van der Waals surface area contributed by atoms with Crippen LogP contribution in [0.4, 0.5) is 5.69 Å². The molecule has 3 aromatic rings. The molecule has 2 aromatic heterocycles. The van der Waals surface area contributed by atoms with Crippen LogP contribution in [0.1, 0.15) is 5.56 Å². The largest absolute Gasteiger partial charge is 0.378 e. The van der Waals surface area contributed by atoms with Crippen LogP contribution in [0.5, 0.6) is 0 Å². The Labute approximate surface area is 149 Å². The Kier molecular flexibility index (Phi) is 4.51. The normalized spacial score (nSPS) is 17.3. The number of carbonyl (C=O) groups is 1. The predicted octanol–water partition coefficient (Wildman–Crippen LogP) is 0.471. The fourth-order valence-electron chi connectivity index (χ4n) is 2.95. The number of nitrogens with one attached hydrogen (secondary N) is 2. The maximum Gasteiger partial charge on any atom is 0.350 e. The molecule has 1 fully saturated rings. The van der Waals surface area contributed by atoms with Crippen LogP contribution in [0, 0.1) is 0 Å². The van der Waals surface area contributed by atoms with Crippen LogP contribution in [0.25, 0.3) is 5.65 Å². The van der Waals surface area contributed by atoms with Crippen LogP contribution >= 0.6 is 0 Å². The monoisotopic (exact) mass is 353 g/mol. The van der Waals surface area contributed by atoms with Crippen molar-refractivity contribution in [2.75, 3.05) is 25.1 Å². The number of anilines is 1. The molecular formula is C18H19N5O3. The summed E-state index contributed by atoms with van der Waals surface area (Å²) in [6.07, 6.45) is 1.69. The quantitative estimate of drug-likeness (QED) is 0.712. The highest BCUT2D eigenvalue weighted by atomic mass is 16.5. The Morgan fingerprint density at radius 1 is 1.31 bits per heavy atom. The van der Waals surface area contributed by atoms with Crippen molar-refractivity contribution >= 4 is 17.2 Å². The molecule has 8 heteroatoms. The zero-order valence-electron chi connectivity index (χ0n) is 14.1. The van der Waals surface area contributed by atoms with Gasteiger partial charge in [0.05, 0.1) is 19.8 Å².